The molecule has 3 aliphatic rings. The predicted molar refractivity (Wildman–Crippen MR) is 99.9 cm³/mol. The number of carbonyl (C=O) groups is 1. The molecule has 4 nitrogen and oxygen atoms in total. The molecular weight excluding hydrogens is 314 g/mol. The van der Waals surface area contributed by atoms with Crippen molar-refractivity contribution in [2.45, 2.75) is 45.4 Å². The van der Waals surface area contributed by atoms with Crippen molar-refractivity contribution in [3.8, 4) is 11.5 Å². The molecule has 3 aliphatic heterocycles. The van der Waals surface area contributed by atoms with E-state index < -0.39 is 0 Å². The minimum absolute atomic E-state index is 0.226. The lowest BCUT2D eigenvalue weighted by atomic mass is 9.84. The summed E-state index contributed by atoms with van der Waals surface area (Å²) in [5.74, 6) is 2.03. The highest BCUT2D eigenvalue weighted by Crippen LogP contribution is 2.34. The fraction of sp³-hybridized carbons (Fsp3) is 0.571. The molecule has 1 aromatic rings. The summed E-state index contributed by atoms with van der Waals surface area (Å²) in [5.41, 5.74) is 1.85. The average Bonchev–Trinajstić information content (AvgIpc) is 2.65. The predicted octanol–water partition coefficient (Wildman–Crippen LogP) is 4.29. The second kappa shape index (κ2) is 8.41. The number of carbonyl (C=O) groups excluding carboxylic acids is 1. The van der Waals surface area contributed by atoms with E-state index in [1.807, 2.05) is 24.3 Å². The molecule has 0 amide bonds. The van der Waals surface area contributed by atoms with Gasteiger partial charge in [0.2, 0.25) is 0 Å². The van der Waals surface area contributed by atoms with Crippen LogP contribution in [0.3, 0.4) is 0 Å². The Morgan fingerprint density at radius 3 is 2.64 bits per heavy atom. The number of nitrogens with zero attached hydrogens (tertiary/aromatic N) is 1. The lowest BCUT2D eigenvalue weighted by Gasteiger charge is -2.41. The van der Waals surface area contributed by atoms with Crippen molar-refractivity contribution in [1.82, 2.24) is 4.90 Å². The molecule has 136 valence electrons. The normalized spacial score (nSPS) is 18.9. The molecule has 3 saturated heterocycles. The molecule has 0 unspecified atom stereocenters. The minimum Gasteiger partial charge on any atom is -0.493 e. The summed E-state index contributed by atoms with van der Waals surface area (Å²) in [4.78, 5) is 14.7. The van der Waals surface area contributed by atoms with Crippen LogP contribution in [0, 0.1) is 5.92 Å². The number of ketones is 1. The van der Waals surface area contributed by atoms with Crippen molar-refractivity contribution in [2.75, 3.05) is 26.8 Å². The molecule has 0 radical (unpaired) electrons. The van der Waals surface area contributed by atoms with Crippen LogP contribution in [0.5, 0.6) is 11.5 Å². The lowest BCUT2D eigenvalue weighted by molar-refractivity contribution is -0.125. The van der Waals surface area contributed by atoms with E-state index in [-0.39, 0.29) is 5.92 Å². The van der Waals surface area contributed by atoms with Gasteiger partial charge in [-0.2, -0.15) is 0 Å². The molecule has 0 aromatic heterocycles. The molecule has 3 fully saturated rings. The zero-order chi connectivity index (χ0) is 17.6. The number of allylic oxidation sites excluding steroid dienone is 1. The van der Waals surface area contributed by atoms with E-state index in [4.69, 9.17) is 9.47 Å². The number of fused-ring (bicyclic) bond motifs is 3. The van der Waals surface area contributed by atoms with Crippen LogP contribution in [-0.4, -0.2) is 37.5 Å². The van der Waals surface area contributed by atoms with E-state index in [1.54, 1.807) is 7.11 Å². The summed E-state index contributed by atoms with van der Waals surface area (Å²) < 4.78 is 11.4. The van der Waals surface area contributed by atoms with Gasteiger partial charge < -0.3 is 14.4 Å². The van der Waals surface area contributed by atoms with Crippen LogP contribution in [0.25, 0.3) is 6.08 Å². The average molecular weight is 343 g/mol. The topological polar surface area (TPSA) is 38.8 Å². The molecule has 0 atom stereocenters. The Labute approximate surface area is 150 Å². The van der Waals surface area contributed by atoms with Crippen molar-refractivity contribution in [3.63, 3.8) is 0 Å². The number of ether oxygens (including phenoxy) is 2. The largest absolute Gasteiger partial charge is 0.493 e. The van der Waals surface area contributed by atoms with E-state index >= 15 is 0 Å². The quantitative estimate of drug-likeness (QED) is 0.521. The molecule has 1 aromatic carbocycles. The smallest absolute Gasteiger partial charge is 0.182 e. The first-order chi connectivity index (χ1) is 12.2. The molecule has 4 heteroatoms. The third-order valence-electron chi connectivity index (χ3n) is 5.21. The highest BCUT2D eigenvalue weighted by atomic mass is 16.5. The third-order valence-corrected chi connectivity index (χ3v) is 5.21. The monoisotopic (exact) mass is 343 g/mol. The SMILES string of the molecule is CCCCCCOc1ccc(/C=C2/C(=O)C3CCN2CC3)cc1OC. The van der Waals surface area contributed by atoms with Crippen LogP contribution < -0.4 is 9.47 Å². The Morgan fingerprint density at radius 2 is 1.96 bits per heavy atom. The van der Waals surface area contributed by atoms with E-state index in [0.717, 1.165) is 55.1 Å². The number of methoxy groups -OCH3 is 1. The van der Waals surface area contributed by atoms with Crippen LogP contribution >= 0.6 is 0 Å². The Balaban J connectivity index is 1.69. The van der Waals surface area contributed by atoms with Gasteiger partial charge in [0.05, 0.1) is 19.4 Å². The minimum atomic E-state index is 0.226. The van der Waals surface area contributed by atoms with Crippen molar-refractivity contribution >= 4 is 11.9 Å². The molecule has 2 bridgehead atoms. The van der Waals surface area contributed by atoms with Gasteiger partial charge in [-0.1, -0.05) is 32.3 Å². The summed E-state index contributed by atoms with van der Waals surface area (Å²) >= 11 is 0. The summed E-state index contributed by atoms with van der Waals surface area (Å²) in [6, 6.07) is 5.92. The van der Waals surface area contributed by atoms with E-state index in [9.17, 15) is 4.79 Å². The first kappa shape index (κ1) is 17.8. The van der Waals surface area contributed by atoms with Gasteiger partial charge in [-0.3, -0.25) is 4.79 Å². The summed E-state index contributed by atoms with van der Waals surface area (Å²) in [6.07, 6.45) is 8.74. The van der Waals surface area contributed by atoms with Crippen LogP contribution in [0.4, 0.5) is 0 Å². The highest BCUT2D eigenvalue weighted by molar-refractivity contribution is 6.01. The van der Waals surface area contributed by atoms with Gasteiger partial charge in [-0.15, -0.1) is 0 Å². The molecular formula is C21H29NO3. The zero-order valence-electron chi connectivity index (χ0n) is 15.4. The van der Waals surface area contributed by atoms with Gasteiger partial charge >= 0.3 is 0 Å². The molecule has 0 aliphatic carbocycles. The first-order valence-electron chi connectivity index (χ1n) is 9.54. The second-order valence-electron chi connectivity index (χ2n) is 6.97. The maximum absolute atomic E-state index is 12.5. The number of rotatable bonds is 8. The van der Waals surface area contributed by atoms with Crippen molar-refractivity contribution < 1.29 is 14.3 Å². The molecule has 3 heterocycles. The first-order valence-corrected chi connectivity index (χ1v) is 9.54. The van der Waals surface area contributed by atoms with Crippen LogP contribution in [0.1, 0.15) is 51.0 Å². The second-order valence-corrected chi connectivity index (χ2v) is 6.97. The number of benzene rings is 1. The van der Waals surface area contributed by atoms with Gasteiger partial charge in [0.1, 0.15) is 0 Å². The van der Waals surface area contributed by atoms with Crippen LogP contribution in [0.15, 0.2) is 23.9 Å². The maximum Gasteiger partial charge on any atom is 0.182 e. The number of unbranched alkanes of at least 4 members (excludes halogenated alkanes) is 3. The maximum atomic E-state index is 12.5. The van der Waals surface area contributed by atoms with E-state index in [1.165, 1.54) is 19.3 Å². The van der Waals surface area contributed by atoms with Gasteiger partial charge in [0, 0.05) is 19.0 Å². The Kier molecular flexibility index (Phi) is 6.00. The number of hydrogen-bond donors (Lipinski definition) is 0. The van der Waals surface area contributed by atoms with Crippen molar-refractivity contribution in [1.29, 1.82) is 0 Å². The highest BCUT2D eigenvalue weighted by Gasteiger charge is 2.36. The van der Waals surface area contributed by atoms with Crippen LogP contribution in [-0.2, 0) is 4.79 Å². The molecule has 0 N–H and O–H groups in total. The number of hydrogen-bond acceptors (Lipinski definition) is 4. The van der Waals surface area contributed by atoms with E-state index in [0.29, 0.717) is 12.4 Å². The molecule has 0 saturated carbocycles. The third kappa shape index (κ3) is 4.17. The molecule has 0 spiro atoms. The zero-order valence-corrected chi connectivity index (χ0v) is 15.4. The standard InChI is InChI=1S/C21H29NO3/c1-3-4-5-6-13-25-19-8-7-16(15-20(19)24-2)14-18-21(23)17-9-11-22(18)12-10-17/h7-8,14-15,17H,3-6,9-13H2,1-2H3/b18-14-. The van der Waals surface area contributed by atoms with Crippen molar-refractivity contribution in [2.24, 2.45) is 5.92 Å². The molecule has 4 rings (SSSR count). The number of Topliss-reactive ketones (excluding diaryl/α,β-unsaturated/α-hetero) is 1. The molecule has 25 heavy (non-hydrogen) atoms. The Morgan fingerprint density at radius 1 is 1.16 bits per heavy atom. The van der Waals surface area contributed by atoms with E-state index in [2.05, 4.69) is 11.8 Å². The van der Waals surface area contributed by atoms with Gasteiger partial charge in [-0.25, -0.2) is 0 Å². The summed E-state index contributed by atoms with van der Waals surface area (Å²) in [5, 5.41) is 0. The Bertz CT molecular complexity index is 630. The van der Waals surface area contributed by atoms with Gasteiger partial charge in [0.25, 0.3) is 0 Å². The van der Waals surface area contributed by atoms with Gasteiger partial charge in [0.15, 0.2) is 17.3 Å². The fourth-order valence-electron chi connectivity index (χ4n) is 3.67. The Hall–Kier alpha value is -1.97. The van der Waals surface area contributed by atoms with Crippen LogP contribution in [0.2, 0.25) is 0 Å². The fourth-order valence-corrected chi connectivity index (χ4v) is 3.67. The van der Waals surface area contributed by atoms with Gasteiger partial charge in [-0.05, 0) is 43.0 Å². The van der Waals surface area contributed by atoms with Crippen molar-refractivity contribution in [3.05, 3.63) is 29.5 Å². The summed E-state index contributed by atoms with van der Waals surface area (Å²) in [6.45, 7) is 4.91. The summed E-state index contributed by atoms with van der Waals surface area (Å²) in [7, 11) is 1.66. The number of piperidine rings is 3. The lowest BCUT2D eigenvalue weighted by Crippen LogP contribution is -2.45.